The summed E-state index contributed by atoms with van der Waals surface area (Å²) in [5, 5.41) is 10.6. The molecule has 2 nitrogen and oxygen atoms in total. The summed E-state index contributed by atoms with van der Waals surface area (Å²) in [5.74, 6) is 0. The van der Waals surface area contributed by atoms with E-state index < -0.39 is 0 Å². The lowest BCUT2D eigenvalue weighted by Gasteiger charge is -2.26. The molecule has 1 aromatic carbocycles. The lowest BCUT2D eigenvalue weighted by Crippen LogP contribution is -2.29. The first-order chi connectivity index (χ1) is 8.72. The SMILES string of the molecule is N#CC(c1ccc(Cl)cc1Cl)N1CCCCCC1. The number of halogens is 2. The van der Waals surface area contributed by atoms with E-state index in [0.717, 1.165) is 31.5 Å². The summed E-state index contributed by atoms with van der Waals surface area (Å²) in [5.41, 5.74) is 0.866. The highest BCUT2D eigenvalue weighted by Crippen LogP contribution is 2.30. The number of benzene rings is 1. The van der Waals surface area contributed by atoms with Crippen molar-refractivity contribution in [1.82, 2.24) is 4.90 Å². The Morgan fingerprint density at radius 1 is 1.11 bits per heavy atom. The van der Waals surface area contributed by atoms with Crippen LogP contribution in [0.3, 0.4) is 0 Å². The first-order valence-corrected chi connectivity index (χ1v) is 7.06. The molecule has 1 saturated heterocycles. The second-order valence-corrected chi connectivity index (χ2v) is 5.49. The van der Waals surface area contributed by atoms with Crippen molar-refractivity contribution < 1.29 is 0 Å². The zero-order valence-electron chi connectivity index (χ0n) is 10.2. The van der Waals surface area contributed by atoms with Crippen molar-refractivity contribution in [3.05, 3.63) is 33.8 Å². The molecule has 1 aliphatic rings. The van der Waals surface area contributed by atoms with Gasteiger partial charge in [0.2, 0.25) is 0 Å². The number of hydrogen-bond acceptors (Lipinski definition) is 2. The van der Waals surface area contributed by atoms with E-state index in [-0.39, 0.29) is 6.04 Å². The molecule has 0 spiro atoms. The minimum atomic E-state index is -0.257. The highest BCUT2D eigenvalue weighted by atomic mass is 35.5. The topological polar surface area (TPSA) is 27.0 Å². The van der Waals surface area contributed by atoms with E-state index in [9.17, 15) is 5.26 Å². The van der Waals surface area contributed by atoms with Gasteiger partial charge in [0.15, 0.2) is 0 Å². The van der Waals surface area contributed by atoms with Gasteiger partial charge in [0.25, 0.3) is 0 Å². The second kappa shape index (κ2) is 6.43. The van der Waals surface area contributed by atoms with Crippen molar-refractivity contribution in [3.8, 4) is 6.07 Å². The summed E-state index contributed by atoms with van der Waals surface area (Å²) in [6, 6.07) is 7.49. The molecule has 1 heterocycles. The van der Waals surface area contributed by atoms with Crippen LogP contribution in [0.15, 0.2) is 18.2 Å². The molecule has 96 valence electrons. The van der Waals surface area contributed by atoms with Gasteiger partial charge < -0.3 is 0 Å². The molecule has 0 amide bonds. The first-order valence-electron chi connectivity index (χ1n) is 6.31. The van der Waals surface area contributed by atoms with Gasteiger partial charge in [-0.1, -0.05) is 42.1 Å². The Bertz CT molecular complexity index is 446. The van der Waals surface area contributed by atoms with E-state index in [0.29, 0.717) is 10.0 Å². The van der Waals surface area contributed by atoms with Crippen LogP contribution in [0.1, 0.15) is 37.3 Å². The Morgan fingerprint density at radius 3 is 2.33 bits per heavy atom. The predicted octanol–water partition coefficient (Wildman–Crippen LogP) is 4.43. The van der Waals surface area contributed by atoms with Crippen LogP contribution in [0, 0.1) is 11.3 Å². The van der Waals surface area contributed by atoms with Crippen LogP contribution in [0.2, 0.25) is 10.0 Å². The van der Waals surface area contributed by atoms with Gasteiger partial charge in [-0.3, -0.25) is 4.90 Å². The Kier molecular flexibility index (Phi) is 4.88. The van der Waals surface area contributed by atoms with Crippen LogP contribution < -0.4 is 0 Å². The third-order valence-corrected chi connectivity index (χ3v) is 3.95. The Labute approximate surface area is 118 Å². The monoisotopic (exact) mass is 282 g/mol. The molecule has 1 unspecified atom stereocenters. The van der Waals surface area contributed by atoms with E-state index in [2.05, 4.69) is 11.0 Å². The minimum Gasteiger partial charge on any atom is -0.284 e. The van der Waals surface area contributed by atoms with Crippen molar-refractivity contribution in [3.63, 3.8) is 0 Å². The van der Waals surface area contributed by atoms with Gasteiger partial charge in [-0.15, -0.1) is 0 Å². The first kappa shape index (κ1) is 13.7. The van der Waals surface area contributed by atoms with E-state index in [1.54, 1.807) is 12.1 Å². The molecule has 2 rings (SSSR count). The number of hydrogen-bond donors (Lipinski definition) is 0. The average molecular weight is 283 g/mol. The number of likely N-dealkylation sites (tertiary alicyclic amines) is 1. The van der Waals surface area contributed by atoms with Gasteiger partial charge >= 0.3 is 0 Å². The van der Waals surface area contributed by atoms with Crippen LogP contribution in [-0.4, -0.2) is 18.0 Å². The van der Waals surface area contributed by atoms with Gasteiger partial charge in [0.1, 0.15) is 6.04 Å². The third kappa shape index (κ3) is 3.17. The van der Waals surface area contributed by atoms with Crippen LogP contribution in [0.5, 0.6) is 0 Å². The molecule has 0 aliphatic carbocycles. The smallest absolute Gasteiger partial charge is 0.125 e. The van der Waals surface area contributed by atoms with Gasteiger partial charge in [0.05, 0.1) is 6.07 Å². The standard InChI is InChI=1S/C14H16Cl2N2/c15-11-5-6-12(13(16)9-11)14(10-17)18-7-3-1-2-4-8-18/h5-6,9,14H,1-4,7-8H2. The van der Waals surface area contributed by atoms with Crippen LogP contribution in [0.25, 0.3) is 0 Å². The maximum Gasteiger partial charge on any atom is 0.125 e. The summed E-state index contributed by atoms with van der Waals surface area (Å²) >= 11 is 12.1. The summed E-state index contributed by atoms with van der Waals surface area (Å²) in [6.45, 7) is 1.94. The van der Waals surface area contributed by atoms with Gasteiger partial charge in [-0.25, -0.2) is 0 Å². The molecule has 4 heteroatoms. The summed E-state index contributed by atoms with van der Waals surface area (Å²) < 4.78 is 0. The molecule has 18 heavy (non-hydrogen) atoms. The molecule has 1 atom stereocenters. The fourth-order valence-electron chi connectivity index (χ4n) is 2.42. The molecule has 0 N–H and O–H groups in total. The van der Waals surface area contributed by atoms with E-state index in [4.69, 9.17) is 23.2 Å². The fraction of sp³-hybridized carbons (Fsp3) is 0.500. The lowest BCUT2D eigenvalue weighted by molar-refractivity contribution is 0.246. The molecule has 0 aromatic heterocycles. The minimum absolute atomic E-state index is 0.257. The highest BCUT2D eigenvalue weighted by Gasteiger charge is 2.23. The largest absolute Gasteiger partial charge is 0.284 e. The Balaban J connectivity index is 2.24. The van der Waals surface area contributed by atoms with Crippen LogP contribution >= 0.6 is 23.2 Å². The Hall–Kier alpha value is -0.750. The normalized spacial score (nSPS) is 18.9. The molecule has 1 fully saturated rings. The maximum absolute atomic E-state index is 9.43. The van der Waals surface area contributed by atoms with Crippen molar-refractivity contribution in [2.24, 2.45) is 0 Å². The van der Waals surface area contributed by atoms with E-state index in [1.165, 1.54) is 12.8 Å². The molecule has 0 saturated carbocycles. The molecule has 1 aliphatic heterocycles. The van der Waals surface area contributed by atoms with Crippen molar-refractivity contribution in [2.75, 3.05) is 13.1 Å². The summed E-state index contributed by atoms with van der Waals surface area (Å²) in [4.78, 5) is 2.22. The highest BCUT2D eigenvalue weighted by molar-refractivity contribution is 6.35. The van der Waals surface area contributed by atoms with Crippen molar-refractivity contribution >= 4 is 23.2 Å². The molecule has 0 radical (unpaired) electrons. The average Bonchev–Trinajstić information content (AvgIpc) is 2.62. The third-order valence-electron chi connectivity index (χ3n) is 3.39. The zero-order valence-corrected chi connectivity index (χ0v) is 11.7. The quantitative estimate of drug-likeness (QED) is 0.802. The summed E-state index contributed by atoms with van der Waals surface area (Å²) in [7, 11) is 0. The maximum atomic E-state index is 9.43. The lowest BCUT2D eigenvalue weighted by atomic mass is 10.1. The van der Waals surface area contributed by atoms with Gasteiger partial charge in [-0.05, 0) is 38.1 Å². The molecular weight excluding hydrogens is 267 g/mol. The van der Waals surface area contributed by atoms with Crippen molar-refractivity contribution in [2.45, 2.75) is 31.7 Å². The molecule has 0 bridgehead atoms. The van der Waals surface area contributed by atoms with Crippen LogP contribution in [0.4, 0.5) is 0 Å². The van der Waals surface area contributed by atoms with Gasteiger partial charge in [0, 0.05) is 15.6 Å². The van der Waals surface area contributed by atoms with E-state index in [1.807, 2.05) is 6.07 Å². The molecule has 1 aromatic rings. The predicted molar refractivity (Wildman–Crippen MR) is 74.9 cm³/mol. The fourth-order valence-corrected chi connectivity index (χ4v) is 2.94. The van der Waals surface area contributed by atoms with E-state index >= 15 is 0 Å². The number of nitrogens with zero attached hydrogens (tertiary/aromatic N) is 2. The molecular formula is C14H16Cl2N2. The Morgan fingerprint density at radius 2 is 1.78 bits per heavy atom. The summed E-state index contributed by atoms with van der Waals surface area (Å²) in [6.07, 6.45) is 4.82. The number of nitriles is 1. The second-order valence-electron chi connectivity index (χ2n) is 4.65. The van der Waals surface area contributed by atoms with Crippen molar-refractivity contribution in [1.29, 1.82) is 5.26 Å². The zero-order chi connectivity index (χ0) is 13.0. The van der Waals surface area contributed by atoms with Crippen LogP contribution in [-0.2, 0) is 0 Å². The number of rotatable bonds is 2. The van der Waals surface area contributed by atoms with Gasteiger partial charge in [-0.2, -0.15) is 5.26 Å².